The molecular formula is C15H23NO3. The Labute approximate surface area is 115 Å². The van der Waals surface area contributed by atoms with Crippen LogP contribution >= 0.6 is 0 Å². The molecule has 0 aliphatic heterocycles. The predicted molar refractivity (Wildman–Crippen MR) is 76.1 cm³/mol. The maximum Gasteiger partial charge on any atom is 0.252 e. The zero-order chi connectivity index (χ0) is 14.6. The lowest BCUT2D eigenvalue weighted by Crippen LogP contribution is -2.40. The molecule has 1 N–H and O–H groups in total. The number of nitrogens with one attached hydrogen (secondary N) is 1. The van der Waals surface area contributed by atoms with Crippen molar-refractivity contribution >= 4 is 5.91 Å². The zero-order valence-electron chi connectivity index (χ0n) is 12.6. The highest BCUT2D eigenvalue weighted by Gasteiger charge is 2.20. The zero-order valence-corrected chi connectivity index (χ0v) is 12.6. The standard InChI is InChI=1S/C15H23NO3/c1-7-10-8-12(18-5)13(19-6)9-11(10)14(17)16-15(2,3)4/h8-9H,7H2,1-6H3,(H,16,17). The van der Waals surface area contributed by atoms with Gasteiger partial charge in [0.2, 0.25) is 0 Å². The van der Waals surface area contributed by atoms with Crippen LogP contribution in [0, 0.1) is 0 Å². The third-order valence-corrected chi connectivity index (χ3v) is 2.72. The maximum absolute atomic E-state index is 12.3. The van der Waals surface area contributed by atoms with Crippen LogP contribution in [-0.2, 0) is 6.42 Å². The van der Waals surface area contributed by atoms with Gasteiger partial charge in [0.25, 0.3) is 5.91 Å². The molecule has 4 heteroatoms. The summed E-state index contributed by atoms with van der Waals surface area (Å²) in [5.74, 6) is 1.12. The highest BCUT2D eigenvalue weighted by Crippen LogP contribution is 2.31. The van der Waals surface area contributed by atoms with Crippen LogP contribution < -0.4 is 14.8 Å². The van der Waals surface area contributed by atoms with Crippen LogP contribution in [0.15, 0.2) is 12.1 Å². The molecule has 0 atom stereocenters. The molecule has 0 unspecified atom stereocenters. The van der Waals surface area contributed by atoms with E-state index in [-0.39, 0.29) is 11.4 Å². The summed E-state index contributed by atoms with van der Waals surface area (Å²) in [6.45, 7) is 7.88. The lowest BCUT2D eigenvalue weighted by atomic mass is 10.0. The molecule has 0 saturated heterocycles. The van der Waals surface area contributed by atoms with E-state index in [4.69, 9.17) is 9.47 Å². The molecule has 0 radical (unpaired) electrons. The molecule has 0 fully saturated rings. The van der Waals surface area contributed by atoms with Crippen molar-refractivity contribution in [3.63, 3.8) is 0 Å². The number of carbonyl (C=O) groups excluding carboxylic acids is 1. The smallest absolute Gasteiger partial charge is 0.252 e. The second-order valence-electron chi connectivity index (χ2n) is 5.42. The second-order valence-corrected chi connectivity index (χ2v) is 5.42. The van der Waals surface area contributed by atoms with Crippen molar-refractivity contribution in [2.24, 2.45) is 0 Å². The summed E-state index contributed by atoms with van der Waals surface area (Å²) in [5.41, 5.74) is 1.31. The third kappa shape index (κ3) is 3.88. The predicted octanol–water partition coefficient (Wildman–Crippen LogP) is 2.79. The average molecular weight is 265 g/mol. The van der Waals surface area contributed by atoms with Gasteiger partial charge in [0, 0.05) is 11.1 Å². The van der Waals surface area contributed by atoms with Crippen molar-refractivity contribution in [3.05, 3.63) is 23.3 Å². The third-order valence-electron chi connectivity index (χ3n) is 2.72. The molecule has 0 aliphatic carbocycles. The maximum atomic E-state index is 12.3. The Hall–Kier alpha value is -1.71. The molecule has 0 aromatic heterocycles. The van der Waals surface area contributed by atoms with E-state index < -0.39 is 0 Å². The quantitative estimate of drug-likeness (QED) is 0.910. The van der Waals surface area contributed by atoms with Gasteiger partial charge in [0.15, 0.2) is 11.5 Å². The van der Waals surface area contributed by atoms with Crippen LogP contribution in [0.5, 0.6) is 11.5 Å². The van der Waals surface area contributed by atoms with E-state index in [9.17, 15) is 4.79 Å². The lowest BCUT2D eigenvalue weighted by Gasteiger charge is -2.22. The SMILES string of the molecule is CCc1cc(OC)c(OC)cc1C(=O)NC(C)(C)C. The van der Waals surface area contributed by atoms with Crippen LogP contribution in [0.25, 0.3) is 0 Å². The molecule has 1 aromatic rings. The van der Waals surface area contributed by atoms with Gasteiger partial charge in [-0.2, -0.15) is 0 Å². The largest absolute Gasteiger partial charge is 0.493 e. The number of rotatable bonds is 4. The van der Waals surface area contributed by atoms with Crippen molar-refractivity contribution in [3.8, 4) is 11.5 Å². The Kier molecular flexibility index (Phi) is 4.81. The summed E-state index contributed by atoms with van der Waals surface area (Å²) in [7, 11) is 3.15. The first-order valence-corrected chi connectivity index (χ1v) is 6.39. The van der Waals surface area contributed by atoms with Crippen LogP contribution in [0.1, 0.15) is 43.6 Å². The molecule has 1 aromatic carbocycles. The van der Waals surface area contributed by atoms with Crippen molar-refractivity contribution in [2.45, 2.75) is 39.7 Å². The number of hydrogen-bond acceptors (Lipinski definition) is 3. The van der Waals surface area contributed by atoms with Crippen LogP contribution in [0.2, 0.25) is 0 Å². The average Bonchev–Trinajstić information content (AvgIpc) is 2.34. The summed E-state index contributed by atoms with van der Waals surface area (Å²) in [6.07, 6.45) is 0.757. The van der Waals surface area contributed by atoms with Gasteiger partial charge in [0.1, 0.15) is 0 Å². The minimum absolute atomic E-state index is 0.0923. The number of benzene rings is 1. The van der Waals surface area contributed by atoms with Gasteiger partial charge in [-0.3, -0.25) is 4.79 Å². The summed E-state index contributed by atoms with van der Waals surface area (Å²) in [6, 6.07) is 3.59. The molecule has 0 saturated carbocycles. The molecule has 0 spiro atoms. The molecule has 0 heterocycles. The van der Waals surface area contributed by atoms with E-state index in [1.54, 1.807) is 20.3 Å². The number of amides is 1. The van der Waals surface area contributed by atoms with Crippen molar-refractivity contribution in [1.82, 2.24) is 5.32 Å². The van der Waals surface area contributed by atoms with Crippen LogP contribution in [0.3, 0.4) is 0 Å². The normalized spacial score (nSPS) is 11.1. The molecular weight excluding hydrogens is 242 g/mol. The van der Waals surface area contributed by atoms with Crippen molar-refractivity contribution < 1.29 is 14.3 Å². The van der Waals surface area contributed by atoms with Gasteiger partial charge in [-0.15, -0.1) is 0 Å². The number of carbonyl (C=O) groups is 1. The van der Waals surface area contributed by atoms with E-state index >= 15 is 0 Å². The van der Waals surface area contributed by atoms with E-state index in [0.717, 1.165) is 12.0 Å². The molecule has 4 nitrogen and oxygen atoms in total. The Balaban J connectivity index is 3.22. The summed E-state index contributed by atoms with van der Waals surface area (Å²) < 4.78 is 10.5. The van der Waals surface area contributed by atoms with Gasteiger partial charge < -0.3 is 14.8 Å². The fraction of sp³-hybridized carbons (Fsp3) is 0.533. The molecule has 0 aliphatic rings. The highest BCUT2D eigenvalue weighted by atomic mass is 16.5. The first-order chi connectivity index (χ1) is 8.82. The number of methoxy groups -OCH3 is 2. The van der Waals surface area contributed by atoms with Gasteiger partial charge in [-0.25, -0.2) is 0 Å². The molecule has 19 heavy (non-hydrogen) atoms. The highest BCUT2D eigenvalue weighted by molar-refractivity contribution is 5.97. The first-order valence-electron chi connectivity index (χ1n) is 6.39. The van der Waals surface area contributed by atoms with E-state index in [2.05, 4.69) is 5.32 Å². The summed E-state index contributed by atoms with van der Waals surface area (Å²) in [4.78, 5) is 12.3. The van der Waals surface area contributed by atoms with Crippen molar-refractivity contribution in [2.75, 3.05) is 14.2 Å². The number of ether oxygens (including phenoxy) is 2. The van der Waals surface area contributed by atoms with Crippen LogP contribution in [-0.4, -0.2) is 25.7 Å². The van der Waals surface area contributed by atoms with Crippen LogP contribution in [0.4, 0.5) is 0 Å². The van der Waals surface area contributed by atoms with E-state index in [1.165, 1.54) is 0 Å². The Morgan fingerprint density at radius 1 is 1.16 bits per heavy atom. The first kappa shape index (κ1) is 15.3. The van der Waals surface area contributed by atoms with Gasteiger partial charge in [-0.1, -0.05) is 6.92 Å². The fourth-order valence-corrected chi connectivity index (χ4v) is 1.83. The molecule has 1 amide bonds. The van der Waals surface area contributed by atoms with Gasteiger partial charge >= 0.3 is 0 Å². The monoisotopic (exact) mass is 265 g/mol. The Morgan fingerprint density at radius 2 is 1.68 bits per heavy atom. The van der Waals surface area contributed by atoms with E-state index in [0.29, 0.717) is 17.1 Å². The fourth-order valence-electron chi connectivity index (χ4n) is 1.83. The summed E-state index contributed by atoms with van der Waals surface area (Å²) in [5, 5.41) is 2.96. The Bertz CT molecular complexity index is 461. The minimum Gasteiger partial charge on any atom is -0.493 e. The van der Waals surface area contributed by atoms with Gasteiger partial charge in [-0.05, 0) is 44.9 Å². The van der Waals surface area contributed by atoms with E-state index in [1.807, 2.05) is 33.8 Å². The minimum atomic E-state index is -0.269. The summed E-state index contributed by atoms with van der Waals surface area (Å²) >= 11 is 0. The Morgan fingerprint density at radius 3 is 2.11 bits per heavy atom. The lowest BCUT2D eigenvalue weighted by molar-refractivity contribution is 0.0918. The van der Waals surface area contributed by atoms with Gasteiger partial charge in [0.05, 0.1) is 14.2 Å². The molecule has 1 rings (SSSR count). The molecule has 0 bridgehead atoms. The molecule has 106 valence electrons. The topological polar surface area (TPSA) is 47.6 Å². The second kappa shape index (κ2) is 5.95. The number of hydrogen-bond donors (Lipinski definition) is 1. The van der Waals surface area contributed by atoms with Crippen molar-refractivity contribution in [1.29, 1.82) is 0 Å². The number of aryl methyl sites for hydroxylation is 1.